The van der Waals surface area contributed by atoms with Crippen LogP contribution in [0.4, 0.5) is 0 Å². The number of nitrogens with one attached hydrogen (secondary N) is 1. The zero-order valence-electron chi connectivity index (χ0n) is 10.5. The highest BCUT2D eigenvalue weighted by Gasteiger charge is 2.06. The quantitative estimate of drug-likeness (QED) is 0.747. The Hall–Kier alpha value is -1.57. The largest absolute Gasteiger partial charge is 0.402 e. The molecule has 2 heteroatoms. The fourth-order valence-corrected chi connectivity index (χ4v) is 1.92. The van der Waals surface area contributed by atoms with E-state index < -0.39 is 0 Å². The number of benzene rings is 1. The fourth-order valence-electron chi connectivity index (χ4n) is 1.92. The van der Waals surface area contributed by atoms with Gasteiger partial charge in [-0.05, 0) is 36.5 Å². The van der Waals surface area contributed by atoms with E-state index in [2.05, 4.69) is 32.9 Å². The molecule has 0 saturated carbocycles. The van der Waals surface area contributed by atoms with Crippen molar-refractivity contribution in [3.8, 4) is 0 Å². The molecule has 1 rings (SSSR count). The summed E-state index contributed by atoms with van der Waals surface area (Å²) >= 11 is 0. The number of hydrogen-bond donors (Lipinski definition) is 2. The molecule has 0 spiro atoms. The normalized spacial score (nSPS) is 12.6. The van der Waals surface area contributed by atoms with Gasteiger partial charge in [0, 0.05) is 17.5 Å². The van der Waals surface area contributed by atoms with Crippen LogP contribution >= 0.6 is 0 Å². The van der Waals surface area contributed by atoms with Crippen molar-refractivity contribution in [2.75, 3.05) is 0 Å². The van der Waals surface area contributed by atoms with Crippen LogP contribution in [-0.2, 0) is 0 Å². The van der Waals surface area contributed by atoms with Gasteiger partial charge in [-0.2, -0.15) is 0 Å². The molecule has 3 N–H and O–H groups in total. The van der Waals surface area contributed by atoms with E-state index in [9.17, 15) is 0 Å². The number of rotatable bonds is 3. The Morgan fingerprint density at radius 3 is 2.38 bits per heavy atom. The molecule has 0 heterocycles. The van der Waals surface area contributed by atoms with Gasteiger partial charge in [-0.1, -0.05) is 32.0 Å². The second kappa shape index (κ2) is 4.97. The van der Waals surface area contributed by atoms with Crippen molar-refractivity contribution in [2.45, 2.75) is 33.6 Å². The molecule has 0 aliphatic carbocycles. The number of nitrogens with two attached hydrogens (primary N) is 1. The van der Waals surface area contributed by atoms with E-state index in [-0.39, 0.29) is 0 Å². The van der Waals surface area contributed by atoms with Gasteiger partial charge in [0.05, 0.1) is 0 Å². The number of allylic oxidation sites excluding steroid dienone is 2. The molecule has 0 fully saturated rings. The fraction of sp³-hybridized carbons (Fsp3) is 0.357. The highest BCUT2D eigenvalue weighted by molar-refractivity contribution is 6.09. The van der Waals surface area contributed by atoms with E-state index in [4.69, 9.17) is 11.1 Å². The summed E-state index contributed by atoms with van der Waals surface area (Å²) in [6.45, 7) is 8.30. The summed E-state index contributed by atoms with van der Waals surface area (Å²) in [5, 5.41) is 7.37. The Morgan fingerprint density at radius 2 is 2.00 bits per heavy atom. The summed E-state index contributed by atoms with van der Waals surface area (Å²) in [5.41, 5.74) is 10.9. The van der Waals surface area contributed by atoms with Gasteiger partial charge in [-0.15, -0.1) is 0 Å². The van der Waals surface area contributed by atoms with E-state index in [1.54, 1.807) is 0 Å². The molecule has 1 aromatic rings. The van der Waals surface area contributed by atoms with Crippen molar-refractivity contribution < 1.29 is 0 Å². The Labute approximate surface area is 97.7 Å². The smallest absolute Gasteiger partial charge is 0.0273 e. The molecular weight excluding hydrogens is 196 g/mol. The molecule has 16 heavy (non-hydrogen) atoms. The Morgan fingerprint density at radius 1 is 1.38 bits per heavy atom. The summed E-state index contributed by atoms with van der Waals surface area (Å²) in [5.74, 6) is 0.528. The van der Waals surface area contributed by atoms with E-state index in [0.29, 0.717) is 11.6 Å². The maximum atomic E-state index is 7.37. The molecule has 0 bridgehead atoms. The lowest BCUT2D eigenvalue weighted by Crippen LogP contribution is -2.00. The minimum absolute atomic E-state index is 0.528. The second-order valence-electron chi connectivity index (χ2n) is 4.47. The number of hydrogen-bond acceptors (Lipinski definition) is 2. The molecule has 1 aromatic carbocycles. The van der Waals surface area contributed by atoms with Crippen LogP contribution < -0.4 is 5.73 Å². The second-order valence-corrected chi connectivity index (χ2v) is 4.47. The van der Waals surface area contributed by atoms with Crippen LogP contribution in [0.5, 0.6) is 0 Å². The molecule has 86 valence electrons. The van der Waals surface area contributed by atoms with Gasteiger partial charge in [-0.3, -0.25) is 0 Å². The molecule has 0 aliphatic heterocycles. The zero-order chi connectivity index (χ0) is 12.3. The van der Waals surface area contributed by atoms with E-state index in [1.165, 1.54) is 17.3 Å². The average Bonchev–Trinajstić information content (AvgIpc) is 2.17. The van der Waals surface area contributed by atoms with Crippen molar-refractivity contribution >= 4 is 11.8 Å². The van der Waals surface area contributed by atoms with Gasteiger partial charge in [0.1, 0.15) is 0 Å². The van der Waals surface area contributed by atoms with Crippen LogP contribution in [0.1, 0.15) is 43.4 Å². The summed E-state index contributed by atoms with van der Waals surface area (Å²) < 4.78 is 0. The minimum atomic E-state index is 0.528. The lowest BCUT2D eigenvalue weighted by atomic mass is 9.94. The molecule has 0 amide bonds. The third kappa shape index (κ3) is 2.51. The first kappa shape index (κ1) is 12.5. The third-order valence-corrected chi connectivity index (χ3v) is 2.77. The summed E-state index contributed by atoms with van der Waals surface area (Å²) in [6.07, 6.45) is 1.32. The van der Waals surface area contributed by atoms with Crippen molar-refractivity contribution in [3.05, 3.63) is 40.6 Å². The maximum absolute atomic E-state index is 7.37. The van der Waals surface area contributed by atoms with Crippen LogP contribution in [0.3, 0.4) is 0 Å². The molecule has 0 aliphatic rings. The topological polar surface area (TPSA) is 49.9 Å². The highest BCUT2D eigenvalue weighted by atomic mass is 14.6. The monoisotopic (exact) mass is 216 g/mol. The van der Waals surface area contributed by atoms with Gasteiger partial charge >= 0.3 is 0 Å². The lowest BCUT2D eigenvalue weighted by Gasteiger charge is -2.12. The van der Waals surface area contributed by atoms with E-state index in [1.807, 2.05) is 13.0 Å². The van der Waals surface area contributed by atoms with E-state index >= 15 is 0 Å². The van der Waals surface area contributed by atoms with Gasteiger partial charge < -0.3 is 11.1 Å². The first-order chi connectivity index (χ1) is 7.47. The predicted molar refractivity (Wildman–Crippen MR) is 70.8 cm³/mol. The maximum Gasteiger partial charge on any atom is 0.0273 e. The van der Waals surface area contributed by atoms with Gasteiger partial charge in [-0.25, -0.2) is 0 Å². The third-order valence-electron chi connectivity index (χ3n) is 2.77. The van der Waals surface area contributed by atoms with Crippen LogP contribution in [0.15, 0.2) is 23.9 Å². The molecule has 0 saturated heterocycles. The van der Waals surface area contributed by atoms with E-state index in [0.717, 1.165) is 11.1 Å². The summed E-state index contributed by atoms with van der Waals surface area (Å²) in [4.78, 5) is 0. The SMILES string of the molecule is C/C(N)=C(/C=N)c1ccc(C(C)C)c(C)c1. The van der Waals surface area contributed by atoms with Crippen LogP contribution in [-0.4, -0.2) is 6.21 Å². The first-order valence-electron chi connectivity index (χ1n) is 5.55. The molecule has 0 aromatic heterocycles. The molecular formula is C14H20N2. The molecule has 0 unspecified atom stereocenters. The molecule has 2 nitrogen and oxygen atoms in total. The van der Waals surface area contributed by atoms with Crippen molar-refractivity contribution in [1.29, 1.82) is 5.41 Å². The van der Waals surface area contributed by atoms with Gasteiger partial charge in [0.2, 0.25) is 0 Å². The Bertz CT molecular complexity index is 424. The first-order valence-corrected chi connectivity index (χ1v) is 5.55. The van der Waals surface area contributed by atoms with Crippen LogP contribution in [0.25, 0.3) is 5.57 Å². The standard InChI is InChI=1S/C14H20N2/c1-9(2)13-6-5-12(7-10(13)3)14(8-15)11(4)16/h5-9,15H,16H2,1-4H3/b14-11+,15-8?. The number of aryl methyl sites for hydroxylation is 1. The molecule has 0 radical (unpaired) electrons. The van der Waals surface area contributed by atoms with Crippen LogP contribution in [0, 0.1) is 12.3 Å². The lowest BCUT2D eigenvalue weighted by molar-refractivity contribution is 0.856. The summed E-state index contributed by atoms with van der Waals surface area (Å²) in [6, 6.07) is 6.27. The van der Waals surface area contributed by atoms with Crippen molar-refractivity contribution in [1.82, 2.24) is 0 Å². The molecule has 0 atom stereocenters. The minimum Gasteiger partial charge on any atom is -0.402 e. The Balaban J connectivity index is 3.25. The van der Waals surface area contributed by atoms with Crippen molar-refractivity contribution in [2.24, 2.45) is 5.73 Å². The summed E-state index contributed by atoms with van der Waals surface area (Å²) in [7, 11) is 0. The van der Waals surface area contributed by atoms with Gasteiger partial charge in [0.25, 0.3) is 0 Å². The zero-order valence-corrected chi connectivity index (χ0v) is 10.5. The van der Waals surface area contributed by atoms with Gasteiger partial charge in [0.15, 0.2) is 0 Å². The average molecular weight is 216 g/mol. The van der Waals surface area contributed by atoms with Crippen LogP contribution in [0.2, 0.25) is 0 Å². The highest BCUT2D eigenvalue weighted by Crippen LogP contribution is 2.23. The Kier molecular flexibility index (Phi) is 3.88. The van der Waals surface area contributed by atoms with Crippen molar-refractivity contribution in [3.63, 3.8) is 0 Å². The predicted octanol–water partition coefficient (Wildman–Crippen LogP) is 3.46.